The molecule has 3 atom stereocenters. The van der Waals surface area contributed by atoms with E-state index in [-0.39, 0.29) is 12.5 Å². The third-order valence-corrected chi connectivity index (χ3v) is 13.7. The van der Waals surface area contributed by atoms with E-state index >= 15 is 0 Å². The maximum Gasteiger partial charge on any atom is 0.268 e. The molecule has 0 aliphatic carbocycles. The largest absolute Gasteiger partial charge is 0.756 e. The van der Waals surface area contributed by atoms with E-state index in [4.69, 9.17) is 9.05 Å². The molecule has 0 aromatic carbocycles. The Morgan fingerprint density at radius 1 is 0.537 bits per heavy atom. The van der Waals surface area contributed by atoms with Gasteiger partial charge in [-0.2, -0.15) is 0 Å². The van der Waals surface area contributed by atoms with Crippen LogP contribution in [0.15, 0.2) is 48.6 Å². The quantitative estimate of drug-likeness (QED) is 0.0272. The first-order valence-corrected chi connectivity index (χ1v) is 30.0. The average molecular weight is 964 g/mol. The Bertz CT molecular complexity index is 1230. The van der Waals surface area contributed by atoms with Crippen molar-refractivity contribution < 1.29 is 32.9 Å². The van der Waals surface area contributed by atoms with E-state index in [2.05, 4.69) is 55.6 Å². The minimum Gasteiger partial charge on any atom is -0.756 e. The van der Waals surface area contributed by atoms with Crippen LogP contribution in [0, 0.1) is 0 Å². The highest BCUT2D eigenvalue weighted by Gasteiger charge is 2.23. The highest BCUT2D eigenvalue weighted by atomic mass is 31.2. The summed E-state index contributed by atoms with van der Waals surface area (Å²) in [6, 6.07) is -0.904. The fourth-order valence-electron chi connectivity index (χ4n) is 8.33. The SMILES string of the molecule is CC/C=C\C/C=C\CCCCCCCCCCCCCCCCC(=O)NC(COP(=O)([O-])OCC[N+](C)(C)C)C(O)/C=C/CC/C=C/CCCCCCCCCCCCCCCCCCCC. The first-order valence-electron chi connectivity index (χ1n) is 28.5. The van der Waals surface area contributed by atoms with Gasteiger partial charge in [0.2, 0.25) is 5.91 Å². The van der Waals surface area contributed by atoms with Gasteiger partial charge in [0.15, 0.2) is 0 Å². The number of rotatable bonds is 52. The van der Waals surface area contributed by atoms with Crippen LogP contribution in [-0.4, -0.2) is 68.5 Å². The van der Waals surface area contributed by atoms with Crippen LogP contribution in [0.2, 0.25) is 0 Å². The van der Waals surface area contributed by atoms with E-state index in [1.807, 2.05) is 27.2 Å². The van der Waals surface area contributed by atoms with Gasteiger partial charge >= 0.3 is 0 Å². The summed E-state index contributed by atoms with van der Waals surface area (Å²) in [7, 11) is 1.25. The number of carbonyl (C=O) groups excluding carboxylic acids is 1. The molecule has 1 amide bonds. The Hall–Kier alpha value is -1.54. The molecule has 0 spiro atoms. The van der Waals surface area contributed by atoms with Crippen LogP contribution < -0.4 is 10.2 Å². The number of hydrogen-bond donors (Lipinski definition) is 2. The van der Waals surface area contributed by atoms with Crippen molar-refractivity contribution in [3.63, 3.8) is 0 Å². The lowest BCUT2D eigenvalue weighted by atomic mass is 10.0. The predicted molar refractivity (Wildman–Crippen MR) is 288 cm³/mol. The molecule has 0 aliphatic rings. The zero-order valence-corrected chi connectivity index (χ0v) is 45.7. The van der Waals surface area contributed by atoms with Crippen molar-refractivity contribution in [1.29, 1.82) is 0 Å². The molecule has 8 nitrogen and oxygen atoms in total. The Kier molecular flexibility index (Phi) is 48.3. The standard InChI is InChI=1S/C58H111N2O6P/c1-6-8-10-12-14-16-18-20-22-24-26-28-29-30-32-33-35-37-39-41-43-45-47-49-51-57(61)56(55-66-67(63,64)65-54-53-60(3,4)5)59-58(62)52-50-48-46-44-42-40-38-36-34-31-27-25-23-21-19-17-15-13-11-9-7-2/h9,11,15,17,41,43,49,51,56-57,61H,6-8,10,12-14,16,18-40,42,44-48,50,52-55H2,1-5H3,(H-,59,62,63,64)/b11-9-,17-15-,43-41+,51-49+. The van der Waals surface area contributed by atoms with Gasteiger partial charge < -0.3 is 28.8 Å². The van der Waals surface area contributed by atoms with E-state index in [0.717, 1.165) is 51.4 Å². The van der Waals surface area contributed by atoms with Gasteiger partial charge in [-0.05, 0) is 57.8 Å². The number of nitrogens with one attached hydrogen (secondary N) is 1. The fraction of sp³-hybridized carbons (Fsp3) is 0.845. The summed E-state index contributed by atoms with van der Waals surface area (Å²) in [5.41, 5.74) is 0. The van der Waals surface area contributed by atoms with Crippen molar-refractivity contribution in [1.82, 2.24) is 5.32 Å². The lowest BCUT2D eigenvalue weighted by Gasteiger charge is -2.29. The second-order valence-electron chi connectivity index (χ2n) is 20.6. The van der Waals surface area contributed by atoms with Crippen molar-refractivity contribution in [2.24, 2.45) is 0 Å². The summed E-state index contributed by atoms with van der Waals surface area (Å²) in [4.78, 5) is 25.5. The molecular formula is C58H111N2O6P. The number of hydrogen-bond acceptors (Lipinski definition) is 6. The van der Waals surface area contributed by atoms with Crippen molar-refractivity contribution in [3.8, 4) is 0 Å². The third-order valence-electron chi connectivity index (χ3n) is 12.8. The van der Waals surface area contributed by atoms with Crippen LogP contribution in [-0.2, 0) is 18.4 Å². The van der Waals surface area contributed by atoms with Crippen LogP contribution in [0.4, 0.5) is 0 Å². The number of phosphoric acid groups is 1. The van der Waals surface area contributed by atoms with Gasteiger partial charge in [-0.3, -0.25) is 9.36 Å². The number of nitrogens with zero attached hydrogens (tertiary/aromatic N) is 1. The van der Waals surface area contributed by atoms with Crippen molar-refractivity contribution >= 4 is 13.7 Å². The maximum absolute atomic E-state index is 13.0. The molecule has 3 unspecified atom stereocenters. The van der Waals surface area contributed by atoms with Crippen LogP contribution in [0.3, 0.4) is 0 Å². The van der Waals surface area contributed by atoms with Crippen LogP contribution in [0.5, 0.6) is 0 Å². The Morgan fingerprint density at radius 2 is 0.925 bits per heavy atom. The fourth-order valence-corrected chi connectivity index (χ4v) is 9.05. The molecule has 9 heteroatoms. The highest BCUT2D eigenvalue weighted by Crippen LogP contribution is 2.38. The van der Waals surface area contributed by atoms with E-state index in [1.165, 1.54) is 193 Å². The lowest BCUT2D eigenvalue weighted by Crippen LogP contribution is -2.45. The lowest BCUT2D eigenvalue weighted by molar-refractivity contribution is -0.870. The van der Waals surface area contributed by atoms with Gasteiger partial charge in [0, 0.05) is 6.42 Å². The number of carbonyl (C=O) groups is 1. The van der Waals surface area contributed by atoms with Crippen LogP contribution in [0.1, 0.15) is 264 Å². The zero-order chi connectivity index (χ0) is 49.2. The summed E-state index contributed by atoms with van der Waals surface area (Å²) < 4.78 is 23.3. The van der Waals surface area contributed by atoms with E-state index in [9.17, 15) is 19.4 Å². The molecule has 0 fully saturated rings. The molecule has 0 aromatic heterocycles. The second-order valence-corrected chi connectivity index (χ2v) is 22.0. The van der Waals surface area contributed by atoms with Crippen molar-refractivity contribution in [2.75, 3.05) is 40.9 Å². The number of amides is 1. The zero-order valence-electron chi connectivity index (χ0n) is 44.9. The molecule has 0 heterocycles. The first kappa shape index (κ1) is 65.5. The first-order chi connectivity index (χ1) is 32.5. The van der Waals surface area contributed by atoms with Crippen molar-refractivity contribution in [3.05, 3.63) is 48.6 Å². The second kappa shape index (κ2) is 49.4. The van der Waals surface area contributed by atoms with Crippen molar-refractivity contribution in [2.45, 2.75) is 276 Å². The minimum absolute atomic E-state index is 0.00645. The summed E-state index contributed by atoms with van der Waals surface area (Å²) in [5, 5.41) is 13.9. The molecule has 394 valence electrons. The van der Waals surface area contributed by atoms with Gasteiger partial charge in [0.05, 0.1) is 39.9 Å². The van der Waals surface area contributed by atoms with E-state index in [1.54, 1.807) is 6.08 Å². The Labute approximate surface area is 416 Å². The van der Waals surface area contributed by atoms with E-state index < -0.39 is 26.6 Å². The molecule has 0 rings (SSSR count). The van der Waals surface area contributed by atoms with Gasteiger partial charge in [-0.25, -0.2) is 0 Å². The number of quaternary nitrogens is 1. The molecular weight excluding hydrogens is 852 g/mol. The summed E-state index contributed by atoms with van der Waals surface area (Å²) >= 11 is 0. The molecule has 67 heavy (non-hydrogen) atoms. The van der Waals surface area contributed by atoms with E-state index in [0.29, 0.717) is 17.4 Å². The smallest absolute Gasteiger partial charge is 0.268 e. The van der Waals surface area contributed by atoms with Crippen LogP contribution >= 0.6 is 7.82 Å². The number of phosphoric ester groups is 1. The maximum atomic E-state index is 13.0. The highest BCUT2D eigenvalue weighted by molar-refractivity contribution is 7.45. The van der Waals surface area contributed by atoms with Gasteiger partial charge in [0.1, 0.15) is 13.2 Å². The molecule has 0 radical (unpaired) electrons. The van der Waals surface area contributed by atoms with Gasteiger partial charge in [0.25, 0.3) is 7.82 Å². The number of unbranched alkanes of at least 4 members (excludes halogenated alkanes) is 33. The topological polar surface area (TPSA) is 108 Å². The normalized spacial score (nSPS) is 14.3. The van der Waals surface area contributed by atoms with Gasteiger partial charge in [-0.1, -0.05) is 249 Å². The Morgan fingerprint density at radius 3 is 1.37 bits per heavy atom. The molecule has 0 saturated heterocycles. The number of aliphatic hydroxyl groups excluding tert-OH is 1. The molecule has 2 N–H and O–H groups in total. The summed E-state index contributed by atoms with van der Waals surface area (Å²) in [6.45, 7) is 4.56. The number of aliphatic hydroxyl groups is 1. The summed E-state index contributed by atoms with van der Waals surface area (Å²) in [6.07, 6.45) is 64.8. The minimum atomic E-state index is -4.60. The molecule has 0 saturated carbocycles. The van der Waals surface area contributed by atoms with Gasteiger partial charge in [-0.15, -0.1) is 0 Å². The predicted octanol–water partition coefficient (Wildman–Crippen LogP) is 16.5. The number of likely N-dealkylation sites (N-methyl/N-ethyl adjacent to an activating group) is 1. The van der Waals surface area contributed by atoms with Crippen LogP contribution in [0.25, 0.3) is 0 Å². The molecule has 0 aliphatic heterocycles. The summed E-state index contributed by atoms with van der Waals surface area (Å²) in [5.74, 6) is -0.206. The third kappa shape index (κ3) is 52.1. The molecule has 0 bridgehead atoms. The Balaban J connectivity index is 4.25. The molecule has 0 aromatic rings. The monoisotopic (exact) mass is 963 g/mol. The average Bonchev–Trinajstić information content (AvgIpc) is 3.29. The number of allylic oxidation sites excluding steroid dienone is 7.